The quantitative estimate of drug-likeness (QED) is 0.792. The molecule has 5 nitrogen and oxygen atoms in total. The van der Waals surface area contributed by atoms with Crippen molar-refractivity contribution in [1.82, 2.24) is 20.2 Å². The largest absolute Gasteiger partial charge is 0.474 e. The highest BCUT2D eigenvalue weighted by Crippen LogP contribution is 2.40. The Morgan fingerprint density at radius 3 is 2.74 bits per heavy atom. The third kappa shape index (κ3) is 1.70. The molecule has 2 aromatic rings. The van der Waals surface area contributed by atoms with Gasteiger partial charge in [-0.25, -0.2) is 4.39 Å². The minimum absolute atomic E-state index is 0.203. The molecule has 1 aromatic carbocycles. The Labute approximate surface area is 110 Å². The normalized spacial score (nSPS) is 15.9. The van der Waals surface area contributed by atoms with Crippen LogP contribution in [-0.2, 0) is 5.60 Å². The first-order chi connectivity index (χ1) is 8.90. The van der Waals surface area contributed by atoms with Crippen molar-refractivity contribution >= 4 is 0 Å². The van der Waals surface area contributed by atoms with Crippen LogP contribution in [0.4, 0.5) is 4.39 Å². The summed E-state index contributed by atoms with van der Waals surface area (Å²) in [4.78, 5) is 0. The highest BCUT2D eigenvalue weighted by molar-refractivity contribution is 5.52. The molecule has 100 valence electrons. The van der Waals surface area contributed by atoms with Crippen molar-refractivity contribution in [2.24, 2.45) is 0 Å². The summed E-state index contributed by atoms with van der Waals surface area (Å²) in [6, 6.07) is 3.38. The maximum atomic E-state index is 14.2. The first-order valence-electron chi connectivity index (χ1n) is 6.22. The van der Waals surface area contributed by atoms with E-state index in [0.717, 1.165) is 5.56 Å². The van der Waals surface area contributed by atoms with E-state index in [0.29, 0.717) is 11.5 Å². The number of nitrogens with zero attached hydrogens (tertiary/aromatic N) is 4. The van der Waals surface area contributed by atoms with Crippen LogP contribution in [0.2, 0.25) is 0 Å². The van der Waals surface area contributed by atoms with Crippen LogP contribution >= 0.6 is 0 Å². The second kappa shape index (κ2) is 3.76. The molecule has 0 N–H and O–H groups in total. The molecule has 1 aromatic heterocycles. The predicted octanol–water partition coefficient (Wildman–Crippen LogP) is 2.55. The van der Waals surface area contributed by atoms with Gasteiger partial charge in [0.05, 0.1) is 0 Å². The van der Waals surface area contributed by atoms with Gasteiger partial charge in [-0.3, -0.25) is 0 Å². The molecule has 1 aliphatic rings. The van der Waals surface area contributed by atoms with E-state index in [1.807, 2.05) is 33.8 Å². The zero-order valence-electron chi connectivity index (χ0n) is 11.3. The van der Waals surface area contributed by atoms with Crippen LogP contribution in [0.15, 0.2) is 12.1 Å². The Morgan fingerprint density at radius 1 is 1.32 bits per heavy atom. The number of tetrazole rings is 1. The number of fused-ring (bicyclic) bond motifs is 3. The summed E-state index contributed by atoms with van der Waals surface area (Å²) in [7, 11) is 0. The maximum absolute atomic E-state index is 14.2. The fourth-order valence-corrected chi connectivity index (χ4v) is 2.22. The van der Waals surface area contributed by atoms with Crippen LogP contribution in [0.5, 0.6) is 5.75 Å². The van der Waals surface area contributed by atoms with Gasteiger partial charge in [-0.05, 0) is 47.9 Å². The van der Waals surface area contributed by atoms with Crippen molar-refractivity contribution < 1.29 is 9.13 Å². The van der Waals surface area contributed by atoms with Gasteiger partial charge < -0.3 is 4.74 Å². The van der Waals surface area contributed by atoms with E-state index in [4.69, 9.17) is 4.74 Å². The molecular weight excluding hydrogens is 247 g/mol. The summed E-state index contributed by atoms with van der Waals surface area (Å²) in [6.07, 6.45) is 0. The molecule has 0 saturated heterocycles. The number of aromatic nitrogens is 4. The highest BCUT2D eigenvalue weighted by atomic mass is 19.1. The van der Waals surface area contributed by atoms with Gasteiger partial charge in [0.1, 0.15) is 5.69 Å². The van der Waals surface area contributed by atoms with Crippen LogP contribution in [0, 0.1) is 5.82 Å². The van der Waals surface area contributed by atoms with Crippen molar-refractivity contribution in [2.45, 2.75) is 39.2 Å². The number of halogens is 1. The molecular formula is C13H15FN4O. The molecule has 0 radical (unpaired) electrons. The zero-order valence-corrected chi connectivity index (χ0v) is 11.3. The van der Waals surface area contributed by atoms with Gasteiger partial charge >= 0.3 is 0 Å². The molecule has 0 fully saturated rings. The van der Waals surface area contributed by atoms with Crippen molar-refractivity contribution in [3.63, 3.8) is 0 Å². The molecule has 1 aliphatic heterocycles. The SMILES string of the molecule is CC(C)c1cc(F)c2c(c1)-n1nnnc1C(C)(C)O2. The van der Waals surface area contributed by atoms with E-state index in [1.165, 1.54) is 6.07 Å². The topological polar surface area (TPSA) is 52.8 Å². The highest BCUT2D eigenvalue weighted by Gasteiger charge is 2.37. The van der Waals surface area contributed by atoms with Gasteiger partial charge in [0.15, 0.2) is 23.0 Å². The van der Waals surface area contributed by atoms with Gasteiger partial charge in [0, 0.05) is 0 Å². The summed E-state index contributed by atoms with van der Waals surface area (Å²) < 4.78 is 21.5. The fraction of sp³-hybridized carbons (Fsp3) is 0.462. The number of benzene rings is 1. The van der Waals surface area contributed by atoms with Crippen LogP contribution in [-0.4, -0.2) is 20.2 Å². The average molecular weight is 262 g/mol. The maximum Gasteiger partial charge on any atom is 0.199 e. The number of hydrogen-bond donors (Lipinski definition) is 0. The second-order valence-electron chi connectivity index (χ2n) is 5.53. The standard InChI is InChI=1S/C13H15FN4O/c1-7(2)8-5-9(14)11-10(6-8)18-12(15-16-17-18)13(3,4)19-11/h5-7H,1-4H3. The zero-order chi connectivity index (χ0) is 13.8. The molecule has 2 heterocycles. The Balaban J connectivity index is 2.28. The van der Waals surface area contributed by atoms with Crippen molar-refractivity contribution in [3.05, 3.63) is 29.3 Å². The van der Waals surface area contributed by atoms with Crippen molar-refractivity contribution in [2.75, 3.05) is 0 Å². The minimum atomic E-state index is -0.753. The summed E-state index contributed by atoms with van der Waals surface area (Å²) >= 11 is 0. The Morgan fingerprint density at radius 2 is 2.05 bits per heavy atom. The predicted molar refractivity (Wildman–Crippen MR) is 66.9 cm³/mol. The van der Waals surface area contributed by atoms with E-state index in [1.54, 1.807) is 4.68 Å². The number of ether oxygens (including phenoxy) is 1. The third-order valence-corrected chi connectivity index (χ3v) is 3.31. The Kier molecular flexibility index (Phi) is 2.39. The monoisotopic (exact) mass is 262 g/mol. The number of rotatable bonds is 1. The van der Waals surface area contributed by atoms with Gasteiger partial charge in [-0.2, -0.15) is 4.68 Å². The summed E-state index contributed by atoms with van der Waals surface area (Å²) in [5.74, 6) is 0.611. The Bertz CT molecular complexity index is 648. The smallest absolute Gasteiger partial charge is 0.199 e. The lowest BCUT2D eigenvalue weighted by molar-refractivity contribution is 0.0796. The van der Waals surface area contributed by atoms with Gasteiger partial charge in [0.2, 0.25) is 0 Å². The van der Waals surface area contributed by atoms with Crippen LogP contribution in [0.3, 0.4) is 0 Å². The van der Waals surface area contributed by atoms with Gasteiger partial charge in [-0.1, -0.05) is 13.8 Å². The molecule has 6 heteroatoms. The lowest BCUT2D eigenvalue weighted by atomic mass is 10.00. The summed E-state index contributed by atoms with van der Waals surface area (Å²) in [5.41, 5.74) is 0.695. The fourth-order valence-electron chi connectivity index (χ4n) is 2.22. The number of hydrogen-bond acceptors (Lipinski definition) is 4. The molecule has 0 amide bonds. The van der Waals surface area contributed by atoms with E-state index in [2.05, 4.69) is 15.5 Å². The lowest BCUT2D eigenvalue weighted by Crippen LogP contribution is -2.34. The second-order valence-corrected chi connectivity index (χ2v) is 5.53. The van der Waals surface area contributed by atoms with E-state index in [9.17, 15) is 4.39 Å². The van der Waals surface area contributed by atoms with Crippen LogP contribution in [0.1, 0.15) is 45.0 Å². The van der Waals surface area contributed by atoms with Gasteiger partial charge in [0.25, 0.3) is 0 Å². The van der Waals surface area contributed by atoms with Crippen LogP contribution in [0.25, 0.3) is 5.69 Å². The van der Waals surface area contributed by atoms with Crippen molar-refractivity contribution in [1.29, 1.82) is 0 Å². The molecule has 19 heavy (non-hydrogen) atoms. The van der Waals surface area contributed by atoms with Gasteiger partial charge in [-0.15, -0.1) is 5.10 Å². The molecule has 0 aliphatic carbocycles. The van der Waals surface area contributed by atoms with E-state index in [-0.39, 0.29) is 17.5 Å². The summed E-state index contributed by atoms with van der Waals surface area (Å²) in [5, 5.41) is 11.6. The first-order valence-corrected chi connectivity index (χ1v) is 6.22. The third-order valence-electron chi connectivity index (χ3n) is 3.31. The Hall–Kier alpha value is -1.98. The summed E-state index contributed by atoms with van der Waals surface area (Å²) in [6.45, 7) is 7.65. The lowest BCUT2D eigenvalue weighted by Gasteiger charge is -2.31. The molecule has 0 atom stereocenters. The molecule has 0 unspecified atom stereocenters. The van der Waals surface area contributed by atoms with Crippen LogP contribution < -0.4 is 4.74 Å². The first kappa shape index (κ1) is 12.1. The molecule has 0 saturated carbocycles. The molecule has 0 spiro atoms. The molecule has 3 rings (SSSR count). The minimum Gasteiger partial charge on any atom is -0.474 e. The molecule has 0 bridgehead atoms. The van der Waals surface area contributed by atoms with E-state index >= 15 is 0 Å². The average Bonchev–Trinajstić information content (AvgIpc) is 2.80. The van der Waals surface area contributed by atoms with E-state index < -0.39 is 5.60 Å². The van der Waals surface area contributed by atoms with Crippen molar-refractivity contribution in [3.8, 4) is 11.4 Å².